The van der Waals surface area contributed by atoms with Crippen LogP contribution in [0.5, 0.6) is 0 Å². The highest BCUT2D eigenvalue weighted by atomic mass is 16.5. The van der Waals surface area contributed by atoms with Crippen LogP contribution in [0.15, 0.2) is 0 Å². The number of nitrogens with two attached hydrogens (primary N) is 1. The van der Waals surface area contributed by atoms with Gasteiger partial charge in [-0.3, -0.25) is 0 Å². The fourth-order valence-electron chi connectivity index (χ4n) is 1.76. The minimum Gasteiger partial charge on any atom is -0.373 e. The van der Waals surface area contributed by atoms with Gasteiger partial charge in [0.05, 0.1) is 5.60 Å². The first-order valence-corrected chi connectivity index (χ1v) is 4.36. The monoisotopic (exact) mass is 157 g/mol. The van der Waals surface area contributed by atoms with E-state index in [4.69, 9.17) is 10.5 Å². The molecule has 2 heteroatoms. The third-order valence-electron chi connectivity index (χ3n) is 2.80. The van der Waals surface area contributed by atoms with Crippen LogP contribution in [0.3, 0.4) is 0 Å². The predicted octanol–water partition coefficient (Wildman–Crippen LogP) is 1.54. The van der Waals surface area contributed by atoms with Crippen LogP contribution in [0.1, 0.15) is 33.6 Å². The van der Waals surface area contributed by atoms with E-state index < -0.39 is 0 Å². The summed E-state index contributed by atoms with van der Waals surface area (Å²) >= 11 is 0. The van der Waals surface area contributed by atoms with Crippen molar-refractivity contribution in [3.05, 3.63) is 0 Å². The number of ether oxygens (including phenoxy) is 1. The van der Waals surface area contributed by atoms with Crippen LogP contribution in [0.25, 0.3) is 0 Å². The summed E-state index contributed by atoms with van der Waals surface area (Å²) < 4.78 is 5.73. The molecule has 0 radical (unpaired) electrons. The smallest absolute Gasteiger partial charge is 0.0852 e. The Hall–Kier alpha value is -0.0800. The molecule has 1 fully saturated rings. The van der Waals surface area contributed by atoms with Crippen molar-refractivity contribution in [3.63, 3.8) is 0 Å². The molecule has 66 valence electrons. The Labute approximate surface area is 69.1 Å². The quantitative estimate of drug-likeness (QED) is 0.626. The second-order valence-electron chi connectivity index (χ2n) is 4.40. The molecule has 2 N–H and O–H groups in total. The lowest BCUT2D eigenvalue weighted by Gasteiger charge is -2.39. The van der Waals surface area contributed by atoms with E-state index in [9.17, 15) is 0 Å². The van der Waals surface area contributed by atoms with Crippen LogP contribution in [-0.4, -0.2) is 18.8 Å². The first-order valence-electron chi connectivity index (χ1n) is 4.36. The van der Waals surface area contributed by atoms with E-state index in [1.54, 1.807) is 0 Å². The van der Waals surface area contributed by atoms with Crippen molar-refractivity contribution in [2.45, 2.75) is 39.2 Å². The lowest BCUT2D eigenvalue weighted by atomic mass is 9.75. The second kappa shape index (κ2) is 2.76. The van der Waals surface area contributed by atoms with Gasteiger partial charge in [0.2, 0.25) is 0 Å². The van der Waals surface area contributed by atoms with Crippen molar-refractivity contribution in [3.8, 4) is 0 Å². The summed E-state index contributed by atoms with van der Waals surface area (Å²) in [6.07, 6.45) is 2.28. The standard InChI is InChI=1S/C9H19NO/c1-8(2,3)9(7-10)5-4-6-11-9/h4-7,10H2,1-3H3. The summed E-state index contributed by atoms with van der Waals surface area (Å²) in [5.41, 5.74) is 5.86. The predicted molar refractivity (Wildman–Crippen MR) is 46.4 cm³/mol. The number of rotatable bonds is 1. The van der Waals surface area contributed by atoms with Gasteiger partial charge in [-0.1, -0.05) is 20.8 Å². The molecule has 1 aliphatic heterocycles. The summed E-state index contributed by atoms with van der Waals surface area (Å²) in [5.74, 6) is 0. The fraction of sp³-hybridized carbons (Fsp3) is 1.00. The Morgan fingerprint density at radius 1 is 1.45 bits per heavy atom. The second-order valence-corrected chi connectivity index (χ2v) is 4.40. The molecular weight excluding hydrogens is 138 g/mol. The Balaban J connectivity index is 2.75. The minimum absolute atomic E-state index is 0.0486. The molecule has 1 unspecified atom stereocenters. The van der Waals surface area contributed by atoms with Crippen molar-refractivity contribution in [1.82, 2.24) is 0 Å². The molecule has 0 amide bonds. The van der Waals surface area contributed by atoms with Gasteiger partial charge in [0.25, 0.3) is 0 Å². The average molecular weight is 157 g/mol. The molecule has 0 aromatic rings. The summed E-state index contributed by atoms with van der Waals surface area (Å²) in [4.78, 5) is 0. The maximum absolute atomic E-state index is 5.73. The van der Waals surface area contributed by atoms with Crippen molar-refractivity contribution < 1.29 is 4.74 Å². The van der Waals surface area contributed by atoms with Gasteiger partial charge >= 0.3 is 0 Å². The van der Waals surface area contributed by atoms with Crippen LogP contribution in [0, 0.1) is 5.41 Å². The molecule has 0 saturated carbocycles. The van der Waals surface area contributed by atoms with Gasteiger partial charge in [0.15, 0.2) is 0 Å². The molecule has 1 rings (SSSR count). The summed E-state index contributed by atoms with van der Waals surface area (Å²) in [6.45, 7) is 8.13. The summed E-state index contributed by atoms with van der Waals surface area (Å²) in [7, 11) is 0. The SMILES string of the molecule is CC(C)(C)C1(CN)CCCO1. The van der Waals surface area contributed by atoms with Gasteiger partial charge in [-0.25, -0.2) is 0 Å². The topological polar surface area (TPSA) is 35.2 Å². The zero-order valence-electron chi connectivity index (χ0n) is 7.81. The third-order valence-corrected chi connectivity index (χ3v) is 2.80. The zero-order valence-corrected chi connectivity index (χ0v) is 7.81. The minimum atomic E-state index is -0.0486. The highest BCUT2D eigenvalue weighted by molar-refractivity contribution is 4.95. The molecule has 1 saturated heterocycles. The maximum Gasteiger partial charge on any atom is 0.0852 e. The van der Waals surface area contributed by atoms with E-state index >= 15 is 0 Å². The van der Waals surface area contributed by atoms with Crippen molar-refractivity contribution in [1.29, 1.82) is 0 Å². The first kappa shape index (κ1) is 9.01. The van der Waals surface area contributed by atoms with E-state index in [2.05, 4.69) is 20.8 Å². The van der Waals surface area contributed by atoms with Gasteiger partial charge in [-0.2, -0.15) is 0 Å². The molecule has 0 aliphatic carbocycles. The molecule has 1 atom stereocenters. The molecule has 11 heavy (non-hydrogen) atoms. The Morgan fingerprint density at radius 3 is 2.27 bits per heavy atom. The molecule has 1 aliphatic rings. The molecule has 0 aromatic carbocycles. The van der Waals surface area contributed by atoms with Crippen molar-refractivity contribution in [2.75, 3.05) is 13.2 Å². The highest BCUT2D eigenvalue weighted by Gasteiger charge is 2.44. The van der Waals surface area contributed by atoms with Crippen LogP contribution < -0.4 is 5.73 Å². The lowest BCUT2D eigenvalue weighted by Crippen LogP contribution is -2.48. The molecular formula is C9H19NO. The Bertz CT molecular complexity index is 131. The van der Waals surface area contributed by atoms with Crippen molar-refractivity contribution in [2.24, 2.45) is 11.1 Å². The Morgan fingerprint density at radius 2 is 2.09 bits per heavy atom. The number of hydrogen-bond donors (Lipinski definition) is 1. The van der Waals surface area contributed by atoms with E-state index in [0.717, 1.165) is 19.4 Å². The van der Waals surface area contributed by atoms with E-state index in [-0.39, 0.29) is 11.0 Å². The van der Waals surface area contributed by atoms with Crippen LogP contribution in [0.2, 0.25) is 0 Å². The molecule has 2 nitrogen and oxygen atoms in total. The Kier molecular flexibility index (Phi) is 2.26. The summed E-state index contributed by atoms with van der Waals surface area (Å²) in [6, 6.07) is 0. The maximum atomic E-state index is 5.73. The normalized spacial score (nSPS) is 32.7. The largest absolute Gasteiger partial charge is 0.373 e. The van der Waals surface area contributed by atoms with Gasteiger partial charge in [-0.15, -0.1) is 0 Å². The fourth-order valence-corrected chi connectivity index (χ4v) is 1.76. The lowest BCUT2D eigenvalue weighted by molar-refractivity contribution is -0.0699. The zero-order chi connectivity index (χ0) is 8.54. The van der Waals surface area contributed by atoms with Gasteiger partial charge in [0.1, 0.15) is 0 Å². The van der Waals surface area contributed by atoms with Gasteiger partial charge in [-0.05, 0) is 18.3 Å². The van der Waals surface area contributed by atoms with Gasteiger partial charge < -0.3 is 10.5 Å². The highest BCUT2D eigenvalue weighted by Crippen LogP contribution is 2.40. The van der Waals surface area contributed by atoms with Crippen LogP contribution in [-0.2, 0) is 4.74 Å². The molecule has 0 spiro atoms. The summed E-state index contributed by atoms with van der Waals surface area (Å²) in [5, 5.41) is 0. The first-order chi connectivity index (χ1) is 5.02. The van der Waals surface area contributed by atoms with E-state index in [1.165, 1.54) is 0 Å². The van der Waals surface area contributed by atoms with Crippen LogP contribution >= 0.6 is 0 Å². The third kappa shape index (κ3) is 1.42. The van der Waals surface area contributed by atoms with E-state index in [0.29, 0.717) is 6.54 Å². The molecule has 0 bridgehead atoms. The van der Waals surface area contributed by atoms with Crippen LogP contribution in [0.4, 0.5) is 0 Å². The number of hydrogen-bond acceptors (Lipinski definition) is 2. The van der Waals surface area contributed by atoms with E-state index in [1.807, 2.05) is 0 Å². The molecule has 0 aromatic heterocycles. The average Bonchev–Trinajstić information content (AvgIpc) is 2.33. The van der Waals surface area contributed by atoms with Crippen molar-refractivity contribution >= 4 is 0 Å². The van der Waals surface area contributed by atoms with Gasteiger partial charge in [0, 0.05) is 13.2 Å². The molecule has 1 heterocycles.